The van der Waals surface area contributed by atoms with E-state index in [2.05, 4.69) is 4.98 Å². The number of ether oxygens (including phenoxy) is 3. The van der Waals surface area contributed by atoms with Crippen LogP contribution in [0.5, 0.6) is 17.2 Å². The second kappa shape index (κ2) is 6.29. The third kappa shape index (κ3) is 2.55. The molecule has 2 aromatic rings. The zero-order valence-electron chi connectivity index (χ0n) is 11.8. The Morgan fingerprint density at radius 2 is 1.85 bits per heavy atom. The maximum Gasteiger partial charge on any atom is 0.204 e. The van der Waals surface area contributed by atoms with Gasteiger partial charge in [0.25, 0.3) is 0 Å². The summed E-state index contributed by atoms with van der Waals surface area (Å²) in [5, 5.41) is 0. The molecule has 0 saturated carbocycles. The molecule has 0 aliphatic rings. The Kier molecular flexibility index (Phi) is 4.47. The highest BCUT2D eigenvalue weighted by Gasteiger charge is 2.19. The van der Waals surface area contributed by atoms with Gasteiger partial charge in [-0.15, -0.1) is 0 Å². The molecule has 0 saturated heterocycles. The first kappa shape index (κ1) is 14.2. The number of hydrogen-bond acceptors (Lipinski definition) is 6. The Hall–Kier alpha value is -2.21. The molecule has 0 radical (unpaired) electrons. The van der Waals surface area contributed by atoms with Crippen molar-refractivity contribution in [2.24, 2.45) is 5.73 Å². The quantitative estimate of drug-likeness (QED) is 0.869. The summed E-state index contributed by atoms with van der Waals surface area (Å²) in [6, 6.07) is 3.63. The van der Waals surface area contributed by atoms with Crippen molar-refractivity contribution in [2.45, 2.75) is 6.42 Å². The van der Waals surface area contributed by atoms with E-state index in [1.54, 1.807) is 33.6 Å². The number of methoxy groups -OCH3 is 3. The lowest BCUT2D eigenvalue weighted by molar-refractivity contribution is 0.324. The summed E-state index contributed by atoms with van der Waals surface area (Å²) in [5.74, 6) is 2.85. The van der Waals surface area contributed by atoms with Crippen LogP contribution in [0.1, 0.15) is 5.89 Å². The van der Waals surface area contributed by atoms with Gasteiger partial charge in [-0.05, 0) is 12.1 Å². The maximum absolute atomic E-state index is 5.66. The minimum absolute atomic E-state index is 0.489. The van der Waals surface area contributed by atoms with E-state index < -0.39 is 0 Å². The van der Waals surface area contributed by atoms with Gasteiger partial charge in [-0.1, -0.05) is 0 Å². The molecule has 2 N–H and O–H groups in total. The Balaban J connectivity index is 2.49. The first-order valence-electron chi connectivity index (χ1n) is 6.19. The number of oxazole rings is 1. The van der Waals surface area contributed by atoms with Crippen LogP contribution in [0.4, 0.5) is 0 Å². The minimum atomic E-state index is 0.489. The molecule has 20 heavy (non-hydrogen) atoms. The second-order valence-corrected chi connectivity index (χ2v) is 4.04. The number of aromatic nitrogens is 1. The normalized spacial score (nSPS) is 10.4. The van der Waals surface area contributed by atoms with Crippen LogP contribution in [0.15, 0.2) is 22.7 Å². The molecule has 6 nitrogen and oxygen atoms in total. The molecule has 0 fully saturated rings. The number of hydrogen-bond donors (Lipinski definition) is 1. The van der Waals surface area contributed by atoms with Crippen LogP contribution in [-0.2, 0) is 6.42 Å². The van der Waals surface area contributed by atoms with Crippen molar-refractivity contribution in [1.29, 1.82) is 0 Å². The molecule has 2 rings (SSSR count). The zero-order valence-corrected chi connectivity index (χ0v) is 11.8. The minimum Gasteiger partial charge on any atom is -0.493 e. The molecule has 0 aliphatic heterocycles. The van der Waals surface area contributed by atoms with Crippen LogP contribution < -0.4 is 19.9 Å². The summed E-state index contributed by atoms with van der Waals surface area (Å²) in [5.41, 5.74) is 6.24. The number of nitrogens with zero attached hydrogens (tertiary/aromatic N) is 1. The highest BCUT2D eigenvalue weighted by molar-refractivity contribution is 5.72. The van der Waals surface area contributed by atoms with Gasteiger partial charge in [0, 0.05) is 13.0 Å². The van der Waals surface area contributed by atoms with Gasteiger partial charge in [-0.2, -0.15) is 0 Å². The first-order valence-corrected chi connectivity index (χ1v) is 6.19. The van der Waals surface area contributed by atoms with Gasteiger partial charge in [0.05, 0.1) is 33.1 Å². The summed E-state index contributed by atoms with van der Waals surface area (Å²) in [7, 11) is 4.70. The number of nitrogens with two attached hydrogens (primary N) is 1. The fourth-order valence-corrected chi connectivity index (χ4v) is 1.97. The molecular weight excluding hydrogens is 260 g/mol. The van der Waals surface area contributed by atoms with Crippen LogP contribution in [0.3, 0.4) is 0 Å². The summed E-state index contributed by atoms with van der Waals surface area (Å²) in [6.07, 6.45) is 2.24. The molecule has 1 heterocycles. The number of benzene rings is 1. The van der Waals surface area contributed by atoms with E-state index in [1.807, 2.05) is 6.07 Å². The molecule has 6 heteroatoms. The molecule has 0 aliphatic carbocycles. The van der Waals surface area contributed by atoms with Gasteiger partial charge < -0.3 is 24.4 Å². The zero-order chi connectivity index (χ0) is 14.5. The highest BCUT2D eigenvalue weighted by atomic mass is 16.5. The Morgan fingerprint density at radius 1 is 1.10 bits per heavy atom. The smallest absolute Gasteiger partial charge is 0.204 e. The average molecular weight is 278 g/mol. The topological polar surface area (TPSA) is 79.7 Å². The molecule has 1 aromatic carbocycles. The second-order valence-electron chi connectivity index (χ2n) is 4.04. The van der Waals surface area contributed by atoms with Crippen LogP contribution >= 0.6 is 0 Å². The fraction of sp³-hybridized carbons (Fsp3) is 0.357. The summed E-state index contributed by atoms with van der Waals surface area (Å²) in [4.78, 5) is 4.18. The van der Waals surface area contributed by atoms with Gasteiger partial charge in [0.2, 0.25) is 5.75 Å². The lowest BCUT2D eigenvalue weighted by atomic mass is 10.1. The molecule has 108 valence electrons. The Labute approximate surface area is 117 Å². The van der Waals surface area contributed by atoms with Gasteiger partial charge in [0.15, 0.2) is 23.1 Å². The predicted octanol–water partition coefficient (Wildman–Crippen LogP) is 1.87. The summed E-state index contributed by atoms with van der Waals surface area (Å²) in [6.45, 7) is 0.489. The molecular formula is C14H18N2O4. The van der Waals surface area contributed by atoms with E-state index in [0.29, 0.717) is 41.9 Å². The van der Waals surface area contributed by atoms with E-state index in [9.17, 15) is 0 Å². The van der Waals surface area contributed by atoms with E-state index in [0.717, 1.165) is 5.56 Å². The molecule has 0 bridgehead atoms. The van der Waals surface area contributed by atoms with E-state index in [-0.39, 0.29) is 0 Å². The van der Waals surface area contributed by atoms with Gasteiger partial charge in [-0.25, -0.2) is 4.98 Å². The van der Waals surface area contributed by atoms with E-state index in [1.165, 1.54) is 0 Å². The molecule has 0 atom stereocenters. The molecule has 0 amide bonds. The standard InChI is InChI=1S/C14H18N2O4/c1-17-10-5-4-9(13(18-2)14(10)19-3)11-8-16-12(20-11)6-7-15/h4-5,8H,6-7,15H2,1-3H3. The predicted molar refractivity (Wildman–Crippen MR) is 74.4 cm³/mol. The Morgan fingerprint density at radius 3 is 2.45 bits per heavy atom. The number of rotatable bonds is 6. The van der Waals surface area contributed by atoms with Crippen molar-refractivity contribution in [3.63, 3.8) is 0 Å². The van der Waals surface area contributed by atoms with Crippen molar-refractivity contribution in [1.82, 2.24) is 4.98 Å². The van der Waals surface area contributed by atoms with Crippen molar-refractivity contribution in [2.75, 3.05) is 27.9 Å². The van der Waals surface area contributed by atoms with Crippen molar-refractivity contribution in [3.05, 3.63) is 24.2 Å². The monoisotopic (exact) mass is 278 g/mol. The van der Waals surface area contributed by atoms with Crippen molar-refractivity contribution in [3.8, 4) is 28.6 Å². The van der Waals surface area contributed by atoms with Crippen molar-refractivity contribution < 1.29 is 18.6 Å². The maximum atomic E-state index is 5.66. The molecule has 0 spiro atoms. The van der Waals surface area contributed by atoms with Gasteiger partial charge in [-0.3, -0.25) is 0 Å². The lowest BCUT2D eigenvalue weighted by Gasteiger charge is -2.14. The van der Waals surface area contributed by atoms with Gasteiger partial charge >= 0.3 is 0 Å². The summed E-state index contributed by atoms with van der Waals surface area (Å²) >= 11 is 0. The fourth-order valence-electron chi connectivity index (χ4n) is 1.97. The Bertz CT molecular complexity index is 581. The highest BCUT2D eigenvalue weighted by Crippen LogP contribution is 2.44. The third-order valence-corrected chi connectivity index (χ3v) is 2.88. The average Bonchev–Trinajstić information content (AvgIpc) is 2.94. The summed E-state index contributed by atoms with van der Waals surface area (Å²) < 4.78 is 21.7. The van der Waals surface area contributed by atoms with Crippen LogP contribution in [0.25, 0.3) is 11.3 Å². The van der Waals surface area contributed by atoms with E-state index >= 15 is 0 Å². The molecule has 1 aromatic heterocycles. The van der Waals surface area contributed by atoms with Crippen LogP contribution in [0.2, 0.25) is 0 Å². The third-order valence-electron chi connectivity index (χ3n) is 2.88. The first-order chi connectivity index (χ1) is 9.74. The SMILES string of the molecule is COc1ccc(-c2cnc(CCN)o2)c(OC)c1OC. The largest absolute Gasteiger partial charge is 0.493 e. The lowest BCUT2D eigenvalue weighted by Crippen LogP contribution is -2.02. The van der Waals surface area contributed by atoms with Crippen molar-refractivity contribution >= 4 is 0 Å². The van der Waals surface area contributed by atoms with Crippen LogP contribution in [-0.4, -0.2) is 32.9 Å². The van der Waals surface area contributed by atoms with Gasteiger partial charge in [0.1, 0.15) is 0 Å². The molecule has 0 unspecified atom stereocenters. The van der Waals surface area contributed by atoms with E-state index in [4.69, 9.17) is 24.4 Å². The van der Waals surface area contributed by atoms with Crippen LogP contribution in [0, 0.1) is 0 Å².